The maximum absolute atomic E-state index is 13.8. The standard InChI is InChI=1S/C17H17ClF3N3O2/c1-10-22-16(17(19,20)21,15(26)24(10)13-4-2-3-5-13)23-14(25)11-6-8-12(18)9-7-11/h6-9,13H,2-5H2,1H3,(H,23,25). The van der Waals surface area contributed by atoms with Crippen LogP contribution in [-0.4, -0.2) is 40.4 Å². The fourth-order valence-electron chi connectivity index (χ4n) is 3.43. The molecule has 0 spiro atoms. The molecule has 1 fully saturated rings. The van der Waals surface area contributed by atoms with Crippen molar-refractivity contribution in [3.63, 3.8) is 0 Å². The lowest BCUT2D eigenvalue weighted by atomic mass is 10.1. The smallest absolute Gasteiger partial charge is 0.312 e. The van der Waals surface area contributed by atoms with Crippen LogP contribution in [0.1, 0.15) is 43.0 Å². The second-order valence-corrected chi connectivity index (χ2v) is 6.88. The molecule has 1 heterocycles. The third-order valence-corrected chi connectivity index (χ3v) is 4.96. The minimum absolute atomic E-state index is 0.0318. The first kappa shape index (κ1) is 18.7. The number of amidine groups is 1. The Morgan fingerprint density at radius 3 is 2.38 bits per heavy atom. The van der Waals surface area contributed by atoms with Crippen LogP contribution in [0.5, 0.6) is 0 Å². The number of nitrogens with zero attached hydrogens (tertiary/aromatic N) is 2. The lowest BCUT2D eigenvalue weighted by Gasteiger charge is -2.31. The van der Waals surface area contributed by atoms with E-state index in [1.165, 1.54) is 31.2 Å². The van der Waals surface area contributed by atoms with Crippen LogP contribution in [0.2, 0.25) is 5.02 Å². The number of alkyl halides is 3. The highest BCUT2D eigenvalue weighted by Gasteiger charge is 2.67. The number of halogens is 4. The summed E-state index contributed by atoms with van der Waals surface area (Å²) >= 11 is 5.73. The normalized spacial score (nSPS) is 24.1. The van der Waals surface area contributed by atoms with E-state index in [2.05, 4.69) is 4.99 Å². The van der Waals surface area contributed by atoms with Gasteiger partial charge in [0, 0.05) is 16.6 Å². The van der Waals surface area contributed by atoms with E-state index in [9.17, 15) is 22.8 Å². The highest BCUT2D eigenvalue weighted by atomic mass is 35.5. The molecular weight excluding hydrogens is 371 g/mol. The second-order valence-electron chi connectivity index (χ2n) is 6.44. The summed E-state index contributed by atoms with van der Waals surface area (Å²) in [7, 11) is 0. The van der Waals surface area contributed by atoms with Crippen molar-refractivity contribution in [3.05, 3.63) is 34.9 Å². The predicted octanol–water partition coefficient (Wildman–Crippen LogP) is 3.53. The van der Waals surface area contributed by atoms with E-state index in [1.807, 2.05) is 5.32 Å². The van der Waals surface area contributed by atoms with Crippen molar-refractivity contribution in [3.8, 4) is 0 Å². The van der Waals surface area contributed by atoms with Gasteiger partial charge < -0.3 is 5.32 Å². The number of aliphatic imine (C=N–C) groups is 1. The molecule has 1 aliphatic heterocycles. The molecule has 0 saturated heterocycles. The number of carbonyl (C=O) groups excluding carboxylic acids is 2. The molecule has 1 aromatic carbocycles. The van der Waals surface area contributed by atoms with Gasteiger partial charge in [-0.05, 0) is 44.0 Å². The Balaban J connectivity index is 1.94. The monoisotopic (exact) mass is 387 g/mol. The van der Waals surface area contributed by atoms with Crippen molar-refractivity contribution in [2.45, 2.75) is 50.5 Å². The van der Waals surface area contributed by atoms with Gasteiger partial charge in [0.1, 0.15) is 5.84 Å². The van der Waals surface area contributed by atoms with Crippen LogP contribution in [0.3, 0.4) is 0 Å². The Bertz CT molecular complexity index is 758. The molecule has 9 heteroatoms. The molecule has 0 bridgehead atoms. The number of benzene rings is 1. The number of amides is 2. The van der Waals surface area contributed by atoms with E-state index in [-0.39, 0.29) is 17.4 Å². The predicted molar refractivity (Wildman–Crippen MR) is 89.9 cm³/mol. The maximum atomic E-state index is 13.8. The quantitative estimate of drug-likeness (QED) is 0.862. The molecular formula is C17H17ClF3N3O2. The maximum Gasteiger partial charge on any atom is 0.442 e. The zero-order valence-electron chi connectivity index (χ0n) is 13.9. The Hall–Kier alpha value is -2.09. The van der Waals surface area contributed by atoms with E-state index in [1.54, 1.807) is 0 Å². The van der Waals surface area contributed by atoms with Gasteiger partial charge in [-0.25, -0.2) is 4.99 Å². The number of hydrogen-bond acceptors (Lipinski definition) is 3. The molecule has 2 aliphatic rings. The first-order valence-electron chi connectivity index (χ1n) is 8.20. The van der Waals surface area contributed by atoms with Gasteiger partial charge in [0.05, 0.1) is 0 Å². The van der Waals surface area contributed by atoms with Gasteiger partial charge in [-0.1, -0.05) is 24.4 Å². The van der Waals surface area contributed by atoms with E-state index >= 15 is 0 Å². The van der Waals surface area contributed by atoms with Crippen LogP contribution in [0.25, 0.3) is 0 Å². The Kier molecular flexibility index (Phi) is 4.72. The molecule has 26 heavy (non-hydrogen) atoms. The number of rotatable bonds is 3. The lowest BCUT2D eigenvalue weighted by molar-refractivity contribution is -0.196. The van der Waals surface area contributed by atoms with Gasteiger partial charge >= 0.3 is 11.8 Å². The van der Waals surface area contributed by atoms with Crippen molar-refractivity contribution >= 4 is 29.3 Å². The summed E-state index contributed by atoms with van der Waals surface area (Å²) in [6.07, 6.45) is -2.13. The number of nitrogens with one attached hydrogen (secondary N) is 1. The average Bonchev–Trinajstić information content (AvgIpc) is 3.15. The fraction of sp³-hybridized carbons (Fsp3) is 0.471. The summed E-state index contributed by atoms with van der Waals surface area (Å²) < 4.78 is 41.5. The van der Waals surface area contributed by atoms with Crippen molar-refractivity contribution in [2.75, 3.05) is 0 Å². The van der Waals surface area contributed by atoms with Crippen molar-refractivity contribution in [1.82, 2.24) is 10.2 Å². The number of hydrogen-bond donors (Lipinski definition) is 1. The summed E-state index contributed by atoms with van der Waals surface area (Å²) in [6.45, 7) is 1.36. The fourth-order valence-corrected chi connectivity index (χ4v) is 3.56. The van der Waals surface area contributed by atoms with E-state index < -0.39 is 23.7 Å². The highest BCUT2D eigenvalue weighted by molar-refractivity contribution is 6.30. The van der Waals surface area contributed by atoms with Crippen LogP contribution in [0.15, 0.2) is 29.3 Å². The van der Waals surface area contributed by atoms with Crippen LogP contribution in [0.4, 0.5) is 13.2 Å². The van der Waals surface area contributed by atoms with Gasteiger partial charge in [0.25, 0.3) is 11.8 Å². The Labute approximate surface area is 153 Å². The van der Waals surface area contributed by atoms with Gasteiger partial charge in [0.15, 0.2) is 0 Å². The summed E-state index contributed by atoms with van der Waals surface area (Å²) in [5.74, 6) is -2.33. The van der Waals surface area contributed by atoms with E-state index in [0.717, 1.165) is 17.7 Å². The van der Waals surface area contributed by atoms with Gasteiger partial charge in [-0.3, -0.25) is 14.5 Å². The summed E-state index contributed by atoms with van der Waals surface area (Å²) in [4.78, 5) is 29.8. The molecule has 1 atom stereocenters. The van der Waals surface area contributed by atoms with Crippen LogP contribution in [0, 0.1) is 0 Å². The van der Waals surface area contributed by atoms with E-state index in [0.29, 0.717) is 17.9 Å². The number of carbonyl (C=O) groups is 2. The molecule has 1 unspecified atom stereocenters. The minimum atomic E-state index is -5.07. The van der Waals surface area contributed by atoms with Crippen molar-refractivity contribution in [1.29, 1.82) is 0 Å². The average molecular weight is 388 g/mol. The topological polar surface area (TPSA) is 61.8 Å². The Morgan fingerprint density at radius 2 is 1.85 bits per heavy atom. The zero-order chi connectivity index (χ0) is 19.1. The largest absolute Gasteiger partial charge is 0.442 e. The third kappa shape index (κ3) is 3.06. The molecule has 2 amide bonds. The van der Waals surface area contributed by atoms with Crippen LogP contribution >= 0.6 is 11.6 Å². The SMILES string of the molecule is CC1=NC(NC(=O)c2ccc(Cl)cc2)(C(F)(F)F)C(=O)N1C1CCCC1. The molecule has 1 N–H and O–H groups in total. The molecule has 0 radical (unpaired) electrons. The summed E-state index contributed by atoms with van der Waals surface area (Å²) in [5.41, 5.74) is -3.34. The molecule has 1 saturated carbocycles. The lowest BCUT2D eigenvalue weighted by Crippen LogP contribution is -2.64. The molecule has 140 valence electrons. The molecule has 5 nitrogen and oxygen atoms in total. The highest BCUT2D eigenvalue weighted by Crippen LogP contribution is 2.40. The molecule has 1 aliphatic carbocycles. The zero-order valence-corrected chi connectivity index (χ0v) is 14.7. The molecule has 1 aromatic rings. The second kappa shape index (κ2) is 6.57. The Morgan fingerprint density at radius 1 is 1.27 bits per heavy atom. The summed E-state index contributed by atoms with van der Waals surface area (Å²) in [5, 5.41) is 2.15. The van der Waals surface area contributed by atoms with E-state index in [4.69, 9.17) is 11.6 Å². The molecule has 0 aromatic heterocycles. The summed E-state index contributed by atoms with van der Waals surface area (Å²) in [6, 6.07) is 5.01. The van der Waals surface area contributed by atoms with Gasteiger partial charge in [0.2, 0.25) is 0 Å². The third-order valence-electron chi connectivity index (χ3n) is 4.71. The van der Waals surface area contributed by atoms with Crippen molar-refractivity contribution in [2.24, 2.45) is 4.99 Å². The van der Waals surface area contributed by atoms with Crippen LogP contribution < -0.4 is 5.32 Å². The first-order valence-corrected chi connectivity index (χ1v) is 8.58. The van der Waals surface area contributed by atoms with Gasteiger partial charge in [-0.2, -0.15) is 13.2 Å². The first-order chi connectivity index (χ1) is 12.2. The van der Waals surface area contributed by atoms with Crippen LogP contribution in [-0.2, 0) is 4.79 Å². The van der Waals surface area contributed by atoms with Gasteiger partial charge in [-0.15, -0.1) is 0 Å². The van der Waals surface area contributed by atoms with Crippen molar-refractivity contribution < 1.29 is 22.8 Å². The minimum Gasteiger partial charge on any atom is -0.312 e. The molecule has 3 rings (SSSR count).